The largest absolute Gasteiger partial charge is 0.493 e. The van der Waals surface area contributed by atoms with Crippen LogP contribution in [-0.4, -0.2) is 46.7 Å². The molecule has 7 heteroatoms. The highest BCUT2D eigenvalue weighted by Gasteiger charge is 2.16. The minimum atomic E-state index is -0.163. The molecule has 0 aromatic heterocycles. The van der Waals surface area contributed by atoms with Crippen LogP contribution in [0.2, 0.25) is 0 Å². The standard InChI is InChI=1S/C20H25N3O4/c1-21-20(25)14-8-10-16(11-9-14)22-18(24)13-23(2)12-15-6-5-7-17(26-3)19(15)27-4/h5-11H,12-13H2,1-4H3,(H,21,25)(H,22,24)/p+1. The van der Waals surface area contributed by atoms with Gasteiger partial charge in [0.05, 0.1) is 26.8 Å². The highest BCUT2D eigenvalue weighted by Crippen LogP contribution is 2.29. The summed E-state index contributed by atoms with van der Waals surface area (Å²) >= 11 is 0. The molecule has 1 atom stereocenters. The Morgan fingerprint density at radius 1 is 1.04 bits per heavy atom. The van der Waals surface area contributed by atoms with Gasteiger partial charge in [-0.25, -0.2) is 0 Å². The maximum Gasteiger partial charge on any atom is 0.279 e. The third-order valence-corrected chi connectivity index (χ3v) is 4.10. The van der Waals surface area contributed by atoms with Gasteiger partial charge in [-0.05, 0) is 36.4 Å². The van der Waals surface area contributed by atoms with Crippen molar-refractivity contribution in [3.05, 3.63) is 53.6 Å². The van der Waals surface area contributed by atoms with Gasteiger partial charge in [-0.1, -0.05) is 6.07 Å². The number of carbonyl (C=O) groups excluding carboxylic acids is 2. The van der Waals surface area contributed by atoms with Gasteiger partial charge in [0, 0.05) is 18.3 Å². The van der Waals surface area contributed by atoms with Crippen LogP contribution in [0.25, 0.3) is 0 Å². The molecule has 1 unspecified atom stereocenters. The van der Waals surface area contributed by atoms with Crippen LogP contribution in [0.15, 0.2) is 42.5 Å². The van der Waals surface area contributed by atoms with Gasteiger partial charge < -0.3 is 25.0 Å². The molecule has 2 rings (SSSR count). The maximum absolute atomic E-state index is 12.3. The lowest BCUT2D eigenvalue weighted by Gasteiger charge is -2.17. The van der Waals surface area contributed by atoms with Crippen molar-refractivity contribution in [2.24, 2.45) is 0 Å². The Morgan fingerprint density at radius 2 is 1.74 bits per heavy atom. The van der Waals surface area contributed by atoms with Gasteiger partial charge in [-0.3, -0.25) is 9.59 Å². The van der Waals surface area contributed by atoms with Crippen molar-refractivity contribution >= 4 is 17.5 Å². The quantitative estimate of drug-likeness (QED) is 0.638. The van der Waals surface area contributed by atoms with E-state index in [9.17, 15) is 9.59 Å². The van der Waals surface area contributed by atoms with Crippen molar-refractivity contribution in [3.8, 4) is 11.5 Å². The molecular weight excluding hydrogens is 346 g/mol. The van der Waals surface area contributed by atoms with Crippen molar-refractivity contribution < 1.29 is 24.0 Å². The number of carbonyl (C=O) groups is 2. The fraction of sp³-hybridized carbons (Fsp3) is 0.300. The molecule has 0 bridgehead atoms. The Labute approximate surface area is 159 Å². The van der Waals surface area contributed by atoms with Crippen LogP contribution in [-0.2, 0) is 11.3 Å². The summed E-state index contributed by atoms with van der Waals surface area (Å²) in [6.07, 6.45) is 0. The lowest BCUT2D eigenvalue weighted by molar-refractivity contribution is -0.885. The van der Waals surface area contributed by atoms with Gasteiger partial charge >= 0.3 is 0 Å². The number of amides is 2. The number of ether oxygens (including phenoxy) is 2. The van der Waals surface area contributed by atoms with Crippen LogP contribution in [0.5, 0.6) is 11.5 Å². The lowest BCUT2D eigenvalue weighted by Crippen LogP contribution is -3.08. The van der Waals surface area contributed by atoms with Crippen LogP contribution in [0, 0.1) is 0 Å². The number of benzene rings is 2. The molecule has 27 heavy (non-hydrogen) atoms. The number of anilines is 1. The average Bonchev–Trinajstić information content (AvgIpc) is 2.67. The molecule has 2 aromatic rings. The summed E-state index contributed by atoms with van der Waals surface area (Å²) in [5.74, 6) is 1.08. The van der Waals surface area contributed by atoms with Gasteiger partial charge in [0.25, 0.3) is 11.8 Å². The first-order chi connectivity index (χ1) is 13.0. The zero-order valence-electron chi connectivity index (χ0n) is 16.1. The molecular formula is C20H26N3O4+. The van der Waals surface area contributed by atoms with Gasteiger partial charge in [0.1, 0.15) is 6.54 Å². The topological polar surface area (TPSA) is 81.1 Å². The summed E-state index contributed by atoms with van der Waals surface area (Å²) in [4.78, 5) is 24.8. The van der Waals surface area contributed by atoms with Gasteiger partial charge in [-0.15, -0.1) is 0 Å². The summed E-state index contributed by atoms with van der Waals surface area (Å²) in [5, 5.41) is 5.41. The van der Waals surface area contributed by atoms with E-state index in [4.69, 9.17) is 9.47 Å². The minimum absolute atomic E-state index is 0.109. The number of likely N-dealkylation sites (N-methyl/N-ethyl adjacent to an activating group) is 1. The normalized spacial score (nSPS) is 11.4. The van der Waals surface area contributed by atoms with E-state index in [1.54, 1.807) is 45.5 Å². The smallest absolute Gasteiger partial charge is 0.279 e. The van der Waals surface area contributed by atoms with Crippen molar-refractivity contribution in [2.45, 2.75) is 6.54 Å². The maximum atomic E-state index is 12.3. The molecule has 7 nitrogen and oxygen atoms in total. The number of nitrogens with one attached hydrogen (secondary N) is 3. The second-order valence-electron chi connectivity index (χ2n) is 6.17. The van der Waals surface area contributed by atoms with Crippen LogP contribution in [0.1, 0.15) is 15.9 Å². The first kappa shape index (κ1) is 20.3. The van der Waals surface area contributed by atoms with E-state index in [0.717, 1.165) is 10.5 Å². The summed E-state index contributed by atoms with van der Waals surface area (Å²) in [6, 6.07) is 12.5. The molecule has 0 saturated carbocycles. The second-order valence-corrected chi connectivity index (χ2v) is 6.17. The van der Waals surface area contributed by atoms with Crippen LogP contribution < -0.4 is 25.0 Å². The predicted molar refractivity (Wildman–Crippen MR) is 103 cm³/mol. The van der Waals surface area contributed by atoms with Gasteiger partial charge in [-0.2, -0.15) is 0 Å². The van der Waals surface area contributed by atoms with Crippen LogP contribution >= 0.6 is 0 Å². The number of methoxy groups -OCH3 is 2. The van der Waals surface area contributed by atoms with Crippen molar-refractivity contribution in [3.63, 3.8) is 0 Å². The van der Waals surface area contributed by atoms with Crippen LogP contribution in [0.3, 0.4) is 0 Å². The molecule has 0 saturated heterocycles. The third-order valence-electron chi connectivity index (χ3n) is 4.10. The number of hydrogen-bond donors (Lipinski definition) is 3. The summed E-state index contributed by atoms with van der Waals surface area (Å²) in [6.45, 7) is 0.904. The second kappa shape index (κ2) is 9.59. The predicted octanol–water partition coefficient (Wildman–Crippen LogP) is 0.717. The Balaban J connectivity index is 1.95. The third kappa shape index (κ3) is 5.46. The highest BCUT2D eigenvalue weighted by molar-refractivity contribution is 5.95. The van der Waals surface area contributed by atoms with E-state index in [2.05, 4.69) is 10.6 Å². The van der Waals surface area contributed by atoms with Crippen LogP contribution in [0.4, 0.5) is 5.69 Å². The molecule has 0 fully saturated rings. The molecule has 0 aliphatic rings. The van der Waals surface area contributed by atoms with E-state index in [-0.39, 0.29) is 18.4 Å². The molecule has 3 N–H and O–H groups in total. The molecule has 0 aliphatic heterocycles. The molecule has 0 radical (unpaired) electrons. The fourth-order valence-corrected chi connectivity index (χ4v) is 2.81. The number of para-hydroxylation sites is 1. The Bertz CT molecular complexity index is 790. The first-order valence-corrected chi connectivity index (χ1v) is 8.61. The van der Waals surface area contributed by atoms with Crippen molar-refractivity contribution in [1.82, 2.24) is 5.32 Å². The van der Waals surface area contributed by atoms with Gasteiger partial charge in [0.2, 0.25) is 0 Å². The van der Waals surface area contributed by atoms with E-state index in [1.807, 2.05) is 25.2 Å². The zero-order valence-corrected chi connectivity index (χ0v) is 16.1. The molecule has 0 heterocycles. The number of hydrogen-bond acceptors (Lipinski definition) is 4. The fourth-order valence-electron chi connectivity index (χ4n) is 2.81. The number of quaternary nitrogens is 1. The molecule has 0 spiro atoms. The monoisotopic (exact) mass is 372 g/mol. The molecule has 144 valence electrons. The van der Waals surface area contributed by atoms with Gasteiger partial charge in [0.15, 0.2) is 18.0 Å². The summed E-state index contributed by atoms with van der Waals surface area (Å²) in [5.41, 5.74) is 2.17. The molecule has 0 aliphatic carbocycles. The van der Waals surface area contributed by atoms with E-state index < -0.39 is 0 Å². The Morgan fingerprint density at radius 3 is 2.33 bits per heavy atom. The highest BCUT2D eigenvalue weighted by atomic mass is 16.5. The average molecular weight is 372 g/mol. The lowest BCUT2D eigenvalue weighted by atomic mass is 10.1. The van der Waals surface area contributed by atoms with E-state index >= 15 is 0 Å². The molecule has 2 amide bonds. The Kier molecular flexibility index (Phi) is 7.19. The van der Waals surface area contributed by atoms with Crippen molar-refractivity contribution in [1.29, 1.82) is 0 Å². The first-order valence-electron chi connectivity index (χ1n) is 8.61. The minimum Gasteiger partial charge on any atom is -0.493 e. The Hall–Kier alpha value is -3.06. The van der Waals surface area contributed by atoms with E-state index in [1.165, 1.54) is 0 Å². The van der Waals surface area contributed by atoms with E-state index in [0.29, 0.717) is 29.3 Å². The van der Waals surface area contributed by atoms with Crippen molar-refractivity contribution in [2.75, 3.05) is 40.2 Å². The number of rotatable bonds is 8. The SMILES string of the molecule is CNC(=O)c1ccc(NC(=O)C[NH+](C)Cc2cccc(OC)c2OC)cc1. The summed E-state index contributed by atoms with van der Waals surface area (Å²) in [7, 11) is 6.72. The molecule has 2 aromatic carbocycles. The summed E-state index contributed by atoms with van der Waals surface area (Å²) < 4.78 is 10.7. The zero-order chi connectivity index (χ0) is 19.8.